The molecule has 0 radical (unpaired) electrons. The van der Waals surface area contributed by atoms with Gasteiger partial charge in [0.05, 0.1) is 0 Å². The summed E-state index contributed by atoms with van der Waals surface area (Å²) in [6.45, 7) is 0. The number of rotatable bonds is 0. The van der Waals surface area contributed by atoms with E-state index in [-0.39, 0.29) is 80.6 Å². The second-order valence-corrected chi connectivity index (χ2v) is 0. The van der Waals surface area contributed by atoms with Crippen molar-refractivity contribution in [3.8, 4) is 0 Å². The molecule has 0 rings (SSSR count). The molecule has 0 unspecified atom stereocenters. The molecule has 4 heavy (non-hydrogen) atoms. The van der Waals surface area contributed by atoms with Crippen LogP contribution in [0, 0.1) is 71.2 Å². The van der Waals surface area contributed by atoms with Crippen molar-refractivity contribution in [3.05, 3.63) is 0 Å². The molecule has 0 atom stereocenters. The molecule has 16 valence electrons. The number of hydrogen-bond acceptors (Lipinski definition) is 0. The van der Waals surface area contributed by atoms with Crippen LogP contribution in [0.15, 0.2) is 0 Å². The molecule has 0 aromatic carbocycles. The van der Waals surface area contributed by atoms with Crippen LogP contribution in [0.2, 0.25) is 0 Å². The van der Waals surface area contributed by atoms with Gasteiger partial charge in [0.1, 0.15) is 0 Å². The molecule has 0 aliphatic rings. The average Bonchev–Trinajstić information content (AvgIpc) is 0. The Morgan fingerprint density at radius 2 is 0.500 bits per heavy atom. The van der Waals surface area contributed by atoms with Crippen molar-refractivity contribution in [3.63, 3.8) is 0 Å². The van der Waals surface area contributed by atoms with E-state index < -0.39 is 0 Å². The van der Waals surface area contributed by atoms with E-state index in [0.717, 1.165) is 0 Å². The monoisotopic (exact) mass is 316 g/mol. The van der Waals surface area contributed by atoms with E-state index >= 15 is 0 Å². The van der Waals surface area contributed by atoms with Crippen LogP contribution in [-0.2, 0) is 0 Å². The second-order valence-electron chi connectivity index (χ2n) is 0. The zero-order valence-corrected chi connectivity index (χ0v) is 9.16. The summed E-state index contributed by atoms with van der Waals surface area (Å²) in [4.78, 5) is 0. The minimum atomic E-state index is 0. The molecule has 0 N–H and O–H groups in total. The fourth-order valence-electron chi connectivity index (χ4n) is 0. The largest absolute Gasteiger partial charge is 3.00 e. The molecule has 0 aromatic rings. The molecular weight excluding hydrogens is 316 g/mol. The van der Waals surface area contributed by atoms with Crippen LogP contribution >= 0.6 is 0 Å². The summed E-state index contributed by atoms with van der Waals surface area (Å²) in [5.41, 5.74) is 0. The van der Waals surface area contributed by atoms with Crippen LogP contribution in [0.3, 0.4) is 0 Å². The first-order chi connectivity index (χ1) is 0. The molecule has 0 saturated carbocycles. The van der Waals surface area contributed by atoms with E-state index in [4.69, 9.17) is 0 Å². The Balaban J connectivity index is 0. The van der Waals surface area contributed by atoms with Crippen molar-refractivity contribution in [1.82, 2.24) is 0 Å². The summed E-state index contributed by atoms with van der Waals surface area (Å²) in [6.07, 6.45) is 0. The van der Waals surface area contributed by atoms with Gasteiger partial charge in [-0.2, -0.15) is 0 Å². The fourth-order valence-corrected chi connectivity index (χ4v) is 0. The van der Waals surface area contributed by atoms with Crippen LogP contribution in [0.5, 0.6) is 0 Å². The number of halogens is 2. The molecular formula is F2La2+4. The topological polar surface area (TPSA) is 0 Å². The molecule has 0 nitrogen and oxygen atoms in total. The average molecular weight is 316 g/mol. The molecule has 0 bridgehead atoms. The smallest absolute Gasteiger partial charge is 1.00 e. The SMILES string of the molecule is [F-].[F-].[La+3].[La+3]. The van der Waals surface area contributed by atoms with Gasteiger partial charge in [-0.15, -0.1) is 0 Å². The van der Waals surface area contributed by atoms with Gasteiger partial charge in [0, 0.05) is 0 Å². The summed E-state index contributed by atoms with van der Waals surface area (Å²) < 4.78 is 0. The Hall–Kier alpha value is 2.25. The van der Waals surface area contributed by atoms with Crippen molar-refractivity contribution in [2.75, 3.05) is 0 Å². The fraction of sp³-hybridized carbons (Fsp3) is 0. The van der Waals surface area contributed by atoms with E-state index in [1.807, 2.05) is 0 Å². The third-order valence-corrected chi connectivity index (χ3v) is 0. The Kier molecular flexibility index (Phi) is 159. The Labute approximate surface area is 79.0 Å². The molecule has 0 saturated heterocycles. The summed E-state index contributed by atoms with van der Waals surface area (Å²) in [7, 11) is 0. The summed E-state index contributed by atoms with van der Waals surface area (Å²) >= 11 is 0. The minimum Gasteiger partial charge on any atom is -1.00 e. The van der Waals surface area contributed by atoms with Gasteiger partial charge < -0.3 is 9.41 Å². The molecule has 4 heteroatoms. The Morgan fingerprint density at radius 3 is 0.500 bits per heavy atom. The van der Waals surface area contributed by atoms with Crippen LogP contribution in [0.25, 0.3) is 0 Å². The standard InChI is InChI=1S/2FH.2La/h2*1H;;/q;;2*+3/p-2. The van der Waals surface area contributed by atoms with Crippen molar-refractivity contribution >= 4 is 0 Å². The zero-order chi connectivity index (χ0) is 0. The molecule has 0 heterocycles. The van der Waals surface area contributed by atoms with E-state index in [0.29, 0.717) is 0 Å². The Morgan fingerprint density at radius 1 is 0.500 bits per heavy atom. The normalized spacial score (nSPS) is 0. The predicted molar refractivity (Wildman–Crippen MR) is 0 cm³/mol. The van der Waals surface area contributed by atoms with Crippen LogP contribution < -0.4 is 9.41 Å². The first kappa shape index (κ1) is 34.0. The maximum atomic E-state index is 0. The number of hydrogen-bond donors (Lipinski definition) is 0. The van der Waals surface area contributed by atoms with E-state index in [9.17, 15) is 0 Å². The van der Waals surface area contributed by atoms with Crippen LogP contribution in [0.1, 0.15) is 0 Å². The first-order valence-corrected chi connectivity index (χ1v) is 0. The van der Waals surface area contributed by atoms with E-state index in [1.54, 1.807) is 0 Å². The zero-order valence-electron chi connectivity index (χ0n) is 1.91. The van der Waals surface area contributed by atoms with Gasteiger partial charge >= 0.3 is 71.2 Å². The second kappa shape index (κ2) is 18.7. The van der Waals surface area contributed by atoms with E-state index in [1.165, 1.54) is 0 Å². The van der Waals surface area contributed by atoms with Crippen molar-refractivity contribution in [2.45, 2.75) is 0 Å². The van der Waals surface area contributed by atoms with Gasteiger partial charge in [0.2, 0.25) is 0 Å². The van der Waals surface area contributed by atoms with E-state index in [2.05, 4.69) is 0 Å². The third-order valence-electron chi connectivity index (χ3n) is 0. The van der Waals surface area contributed by atoms with Crippen molar-refractivity contribution in [2.24, 2.45) is 0 Å². The maximum absolute atomic E-state index is 0. The van der Waals surface area contributed by atoms with Crippen LogP contribution in [0.4, 0.5) is 0 Å². The van der Waals surface area contributed by atoms with Gasteiger partial charge in [-0.3, -0.25) is 0 Å². The molecule has 0 aliphatic carbocycles. The third kappa shape index (κ3) is 8.87. The first-order valence-electron chi connectivity index (χ1n) is 0. The van der Waals surface area contributed by atoms with Gasteiger partial charge in [-0.1, -0.05) is 0 Å². The minimum absolute atomic E-state index is 0. The van der Waals surface area contributed by atoms with Crippen LogP contribution in [-0.4, -0.2) is 0 Å². The molecule has 0 amide bonds. The summed E-state index contributed by atoms with van der Waals surface area (Å²) in [5, 5.41) is 0. The van der Waals surface area contributed by atoms with Crippen molar-refractivity contribution < 1.29 is 80.6 Å². The van der Waals surface area contributed by atoms with Gasteiger partial charge in [0.15, 0.2) is 0 Å². The quantitative estimate of drug-likeness (QED) is 0.418. The van der Waals surface area contributed by atoms with Gasteiger partial charge in [0.25, 0.3) is 0 Å². The molecule has 0 aliphatic heterocycles. The Bertz CT molecular complexity index is 4.00. The summed E-state index contributed by atoms with van der Waals surface area (Å²) in [5.74, 6) is 0. The molecule has 0 spiro atoms. The molecule has 0 aromatic heterocycles. The summed E-state index contributed by atoms with van der Waals surface area (Å²) in [6, 6.07) is 0. The maximum Gasteiger partial charge on any atom is 3.00 e. The predicted octanol–water partition coefficient (Wildman–Crippen LogP) is -5.99. The van der Waals surface area contributed by atoms with Gasteiger partial charge in [-0.25, -0.2) is 0 Å². The van der Waals surface area contributed by atoms with Gasteiger partial charge in [-0.05, 0) is 0 Å². The molecule has 0 fully saturated rings. The van der Waals surface area contributed by atoms with Crippen molar-refractivity contribution in [1.29, 1.82) is 0 Å².